The summed E-state index contributed by atoms with van der Waals surface area (Å²) < 4.78 is 17.2. The fourth-order valence-corrected chi connectivity index (χ4v) is 4.43. The monoisotopic (exact) mass is 479 g/mol. The van der Waals surface area contributed by atoms with Gasteiger partial charge in [0.25, 0.3) is 0 Å². The average molecular weight is 480 g/mol. The number of hydrogen-bond acceptors (Lipinski definition) is 11. The van der Waals surface area contributed by atoms with Crippen molar-refractivity contribution in [1.82, 2.24) is 19.8 Å². The number of amidine groups is 2. The molecule has 0 radical (unpaired) electrons. The summed E-state index contributed by atoms with van der Waals surface area (Å²) in [6.45, 7) is 6.31. The van der Waals surface area contributed by atoms with Gasteiger partial charge in [-0.2, -0.15) is 0 Å². The van der Waals surface area contributed by atoms with Crippen LogP contribution in [0, 0.1) is 0 Å². The Morgan fingerprint density at radius 1 is 1.17 bits per heavy atom. The van der Waals surface area contributed by atoms with Gasteiger partial charge in [-0.1, -0.05) is 0 Å². The highest BCUT2D eigenvalue weighted by Crippen LogP contribution is 2.43. The van der Waals surface area contributed by atoms with Crippen LogP contribution >= 0.6 is 0 Å². The van der Waals surface area contributed by atoms with Crippen LogP contribution in [0.2, 0.25) is 0 Å². The molecule has 184 valence electrons. The van der Waals surface area contributed by atoms with Crippen molar-refractivity contribution < 1.29 is 19.0 Å². The quantitative estimate of drug-likeness (QED) is 0.421. The number of nitrogens with zero attached hydrogens (tertiary/aromatic N) is 6. The highest BCUT2D eigenvalue weighted by Gasteiger charge is 2.33. The molecule has 3 aliphatic rings. The van der Waals surface area contributed by atoms with E-state index in [-0.39, 0.29) is 18.2 Å². The molecular weight excluding hydrogens is 450 g/mol. The van der Waals surface area contributed by atoms with Crippen LogP contribution in [-0.2, 0) is 4.74 Å². The number of benzene rings is 1. The number of nitrogen functional groups attached to an aromatic ring is 1. The molecule has 0 aliphatic carbocycles. The number of anilines is 1. The van der Waals surface area contributed by atoms with Gasteiger partial charge in [0.15, 0.2) is 17.3 Å². The predicted molar refractivity (Wildman–Crippen MR) is 131 cm³/mol. The molecule has 2 N–H and O–H groups in total. The Hall–Kier alpha value is -3.57. The Balaban J connectivity index is 1.35. The van der Waals surface area contributed by atoms with E-state index in [1.165, 1.54) is 12.4 Å². The molecule has 0 spiro atoms. The number of ether oxygens (including phenoxy) is 3. The molecule has 11 nitrogen and oxygen atoms in total. The van der Waals surface area contributed by atoms with Crippen LogP contribution < -0.4 is 15.2 Å². The predicted octanol–water partition coefficient (Wildman–Crippen LogP) is 1.55. The molecule has 0 atom stereocenters. The lowest BCUT2D eigenvalue weighted by molar-refractivity contribution is 0.0357. The SMILES string of the molecule is COc1c(OCCCN2CCOCC2)ccc2c1N=C(CC(=O)c1cnc(N)nc1)N1CCN=C21. The standard InChI is InChI=1S/C24H29N7O4/c1-33-22-19(35-10-2-6-30-8-11-34-12-9-30)4-3-17-21(22)29-20(31-7-5-26-23(17)31)13-18(32)16-14-27-24(25)28-15-16/h3-4,14-15H,2,5-13H2,1H3,(H2,25,27,28). The fourth-order valence-electron chi connectivity index (χ4n) is 4.43. The second-order valence-electron chi connectivity index (χ2n) is 8.46. The molecule has 1 aromatic heterocycles. The number of Topliss-reactive ketones (excluding diaryl/α,β-unsaturated/α-hetero) is 1. The number of morpholine rings is 1. The third-order valence-corrected chi connectivity index (χ3v) is 6.23. The number of nitrogens with two attached hydrogens (primary N) is 1. The Morgan fingerprint density at radius 3 is 2.74 bits per heavy atom. The number of aliphatic imine (C=N–C) groups is 2. The maximum atomic E-state index is 12.9. The number of aromatic nitrogens is 2. The number of methoxy groups -OCH3 is 1. The van der Waals surface area contributed by atoms with Crippen LogP contribution in [-0.4, -0.2) is 96.9 Å². The van der Waals surface area contributed by atoms with Gasteiger partial charge >= 0.3 is 0 Å². The molecule has 1 aromatic carbocycles. The lowest BCUT2D eigenvalue weighted by Gasteiger charge is -2.29. The van der Waals surface area contributed by atoms with Crippen LogP contribution in [0.15, 0.2) is 34.5 Å². The van der Waals surface area contributed by atoms with Crippen LogP contribution in [0.5, 0.6) is 11.5 Å². The average Bonchev–Trinajstić information content (AvgIpc) is 3.38. The van der Waals surface area contributed by atoms with E-state index in [9.17, 15) is 4.79 Å². The second-order valence-corrected chi connectivity index (χ2v) is 8.46. The summed E-state index contributed by atoms with van der Waals surface area (Å²) in [5.41, 5.74) is 7.43. The Kier molecular flexibility index (Phi) is 6.87. The number of rotatable bonds is 9. The number of carbonyl (C=O) groups is 1. The Labute approximate surface area is 203 Å². The van der Waals surface area contributed by atoms with Crippen LogP contribution in [0.4, 0.5) is 11.6 Å². The summed E-state index contributed by atoms with van der Waals surface area (Å²) in [7, 11) is 1.60. The molecule has 1 saturated heterocycles. The number of ketones is 1. The minimum Gasteiger partial charge on any atom is -0.491 e. The van der Waals surface area contributed by atoms with E-state index in [2.05, 4.69) is 19.9 Å². The zero-order valence-electron chi connectivity index (χ0n) is 19.8. The van der Waals surface area contributed by atoms with Gasteiger partial charge in [-0.25, -0.2) is 15.0 Å². The third-order valence-electron chi connectivity index (χ3n) is 6.23. The van der Waals surface area contributed by atoms with Crippen molar-refractivity contribution in [3.05, 3.63) is 35.7 Å². The van der Waals surface area contributed by atoms with Crippen molar-refractivity contribution in [1.29, 1.82) is 0 Å². The van der Waals surface area contributed by atoms with Crippen LogP contribution in [0.3, 0.4) is 0 Å². The first-order chi connectivity index (χ1) is 17.1. The third kappa shape index (κ3) is 4.96. The first-order valence-electron chi connectivity index (χ1n) is 11.8. The Bertz CT molecular complexity index is 1140. The topological polar surface area (TPSA) is 128 Å². The van der Waals surface area contributed by atoms with E-state index in [0.717, 1.165) is 50.7 Å². The minimum absolute atomic E-state index is 0.0829. The maximum absolute atomic E-state index is 12.9. The molecule has 0 bridgehead atoms. The van der Waals surface area contributed by atoms with Gasteiger partial charge in [-0.15, -0.1) is 0 Å². The molecule has 0 saturated carbocycles. The zero-order chi connectivity index (χ0) is 24.2. The van der Waals surface area contributed by atoms with Gasteiger partial charge in [0.05, 0.1) is 45.5 Å². The van der Waals surface area contributed by atoms with Gasteiger partial charge in [0.2, 0.25) is 5.95 Å². The molecule has 3 aliphatic heterocycles. The van der Waals surface area contributed by atoms with Gasteiger partial charge in [0.1, 0.15) is 17.4 Å². The molecule has 0 unspecified atom stereocenters. The summed E-state index contributed by atoms with van der Waals surface area (Å²) in [6.07, 6.45) is 3.85. The highest BCUT2D eigenvalue weighted by molar-refractivity contribution is 6.21. The molecule has 35 heavy (non-hydrogen) atoms. The van der Waals surface area contributed by atoms with Crippen molar-refractivity contribution >= 4 is 29.1 Å². The highest BCUT2D eigenvalue weighted by atomic mass is 16.5. The molecule has 0 amide bonds. The first kappa shape index (κ1) is 23.2. The molecule has 2 aromatic rings. The van der Waals surface area contributed by atoms with Crippen molar-refractivity contribution in [2.75, 3.05) is 65.4 Å². The van der Waals surface area contributed by atoms with Gasteiger partial charge in [0, 0.05) is 44.1 Å². The van der Waals surface area contributed by atoms with Crippen molar-refractivity contribution in [2.45, 2.75) is 12.8 Å². The summed E-state index contributed by atoms with van der Waals surface area (Å²) >= 11 is 0. The van der Waals surface area contributed by atoms with Crippen molar-refractivity contribution in [2.24, 2.45) is 9.98 Å². The lowest BCUT2D eigenvalue weighted by Crippen LogP contribution is -2.38. The lowest BCUT2D eigenvalue weighted by atomic mass is 10.1. The molecule has 1 fully saturated rings. The van der Waals surface area contributed by atoms with Gasteiger partial charge in [-0.05, 0) is 18.6 Å². The van der Waals surface area contributed by atoms with Crippen LogP contribution in [0.1, 0.15) is 28.8 Å². The summed E-state index contributed by atoms with van der Waals surface area (Å²) in [5.74, 6) is 2.56. The second kappa shape index (κ2) is 10.4. The molecule has 4 heterocycles. The van der Waals surface area contributed by atoms with E-state index in [4.69, 9.17) is 24.9 Å². The van der Waals surface area contributed by atoms with Gasteiger partial charge < -0.3 is 24.8 Å². The Morgan fingerprint density at radius 2 is 1.97 bits per heavy atom. The van der Waals surface area contributed by atoms with Crippen molar-refractivity contribution in [3.63, 3.8) is 0 Å². The summed E-state index contributed by atoms with van der Waals surface area (Å²) in [6, 6.07) is 3.87. The largest absolute Gasteiger partial charge is 0.491 e. The van der Waals surface area contributed by atoms with E-state index in [1.54, 1.807) is 7.11 Å². The molecular formula is C24H29N7O4. The summed E-state index contributed by atoms with van der Waals surface area (Å²) in [5, 5.41) is 0. The first-order valence-corrected chi connectivity index (χ1v) is 11.8. The maximum Gasteiger partial charge on any atom is 0.219 e. The number of fused-ring (bicyclic) bond motifs is 3. The minimum atomic E-state index is -0.145. The van der Waals surface area contributed by atoms with E-state index in [0.29, 0.717) is 48.3 Å². The number of hydrogen-bond donors (Lipinski definition) is 1. The van der Waals surface area contributed by atoms with E-state index >= 15 is 0 Å². The normalized spacial score (nSPS) is 17.3. The van der Waals surface area contributed by atoms with Crippen molar-refractivity contribution in [3.8, 4) is 11.5 Å². The molecule has 11 heteroatoms. The number of carbonyl (C=O) groups excluding carboxylic acids is 1. The van der Waals surface area contributed by atoms with Crippen LogP contribution in [0.25, 0.3) is 0 Å². The van der Waals surface area contributed by atoms with E-state index in [1.807, 2.05) is 17.0 Å². The summed E-state index contributed by atoms with van der Waals surface area (Å²) in [4.78, 5) is 34.6. The van der Waals surface area contributed by atoms with E-state index < -0.39 is 0 Å². The molecule has 5 rings (SSSR count). The zero-order valence-corrected chi connectivity index (χ0v) is 19.8. The van der Waals surface area contributed by atoms with Gasteiger partial charge in [-0.3, -0.25) is 14.7 Å². The smallest absolute Gasteiger partial charge is 0.219 e. The fraction of sp³-hybridized carbons (Fsp3) is 0.458.